The minimum atomic E-state index is -1.81. The molecule has 0 saturated carbocycles. The van der Waals surface area contributed by atoms with E-state index in [-0.39, 0.29) is 5.04 Å². The molecule has 0 bridgehead atoms. The molecule has 4 nitrogen and oxygen atoms in total. The van der Waals surface area contributed by atoms with Crippen LogP contribution in [0.2, 0.25) is 18.1 Å². The first kappa shape index (κ1) is 17.2. The molecule has 1 aromatic rings. The Bertz CT molecular complexity index is 455. The first-order chi connectivity index (χ1) is 9.08. The van der Waals surface area contributed by atoms with Crippen LogP contribution in [0.3, 0.4) is 0 Å². The third kappa shape index (κ3) is 4.05. The van der Waals surface area contributed by atoms with Gasteiger partial charge < -0.3 is 20.0 Å². The van der Waals surface area contributed by atoms with Gasteiger partial charge in [-0.1, -0.05) is 26.8 Å². The van der Waals surface area contributed by atoms with Gasteiger partial charge in [-0.2, -0.15) is 0 Å². The van der Waals surface area contributed by atoms with Gasteiger partial charge in [0.25, 0.3) is 0 Å². The van der Waals surface area contributed by atoms with Gasteiger partial charge in [0, 0.05) is 18.4 Å². The van der Waals surface area contributed by atoms with Crippen LogP contribution in [0.15, 0.2) is 18.2 Å². The molecule has 1 atom stereocenters. The number of rotatable bonds is 5. The summed E-state index contributed by atoms with van der Waals surface area (Å²) < 4.78 is 11.1. The predicted molar refractivity (Wildman–Crippen MR) is 84.8 cm³/mol. The molecule has 0 fully saturated rings. The summed E-state index contributed by atoms with van der Waals surface area (Å²) in [4.78, 5) is 0. The number of hydrogen-bond donors (Lipinski definition) is 2. The molecular formula is C15H27NO3Si. The Morgan fingerprint density at radius 3 is 2.40 bits per heavy atom. The summed E-state index contributed by atoms with van der Waals surface area (Å²) in [5.41, 5.74) is 8.24. The van der Waals surface area contributed by atoms with Crippen molar-refractivity contribution in [1.29, 1.82) is 0 Å². The van der Waals surface area contributed by atoms with E-state index in [4.69, 9.17) is 14.9 Å². The van der Waals surface area contributed by atoms with Gasteiger partial charge in [-0.3, -0.25) is 0 Å². The predicted octanol–water partition coefficient (Wildman–Crippen LogP) is 3.43. The zero-order chi connectivity index (χ0) is 15.6. The monoisotopic (exact) mass is 297 g/mol. The Morgan fingerprint density at radius 1 is 1.30 bits per heavy atom. The minimum Gasteiger partial charge on any atom is -0.412 e. The molecule has 0 saturated heterocycles. The van der Waals surface area contributed by atoms with Gasteiger partial charge in [0.15, 0.2) is 14.6 Å². The van der Waals surface area contributed by atoms with Gasteiger partial charge in [0.1, 0.15) is 0 Å². The zero-order valence-electron chi connectivity index (χ0n) is 13.4. The SMILES string of the molecule is COC(O)c1ccc(N)c(CO[Si](C)(C)C(C)(C)C)c1. The Balaban J connectivity index is 2.88. The first-order valence-corrected chi connectivity index (χ1v) is 9.72. The summed E-state index contributed by atoms with van der Waals surface area (Å²) in [5.74, 6) is 0. The molecule has 1 rings (SSSR count). The van der Waals surface area contributed by atoms with Crippen LogP contribution < -0.4 is 5.73 Å². The fraction of sp³-hybridized carbons (Fsp3) is 0.600. The van der Waals surface area contributed by atoms with E-state index in [0.29, 0.717) is 17.9 Å². The van der Waals surface area contributed by atoms with Gasteiger partial charge in [0.05, 0.1) is 6.61 Å². The lowest BCUT2D eigenvalue weighted by Gasteiger charge is -2.36. The number of hydrogen-bond acceptors (Lipinski definition) is 4. The highest BCUT2D eigenvalue weighted by Crippen LogP contribution is 2.37. The molecule has 0 heterocycles. The maximum Gasteiger partial charge on any atom is 0.192 e. The Kier molecular flexibility index (Phi) is 5.37. The number of nitrogen functional groups attached to an aromatic ring is 1. The second-order valence-corrected chi connectivity index (χ2v) is 11.4. The standard InChI is InChI=1S/C15H27NO3Si/c1-15(2,3)20(5,6)19-10-12-9-11(14(17)18-4)7-8-13(12)16/h7-9,14,17H,10,16H2,1-6H3. The molecule has 1 unspecified atom stereocenters. The molecular weight excluding hydrogens is 270 g/mol. The average molecular weight is 297 g/mol. The summed E-state index contributed by atoms with van der Waals surface area (Å²) in [6.07, 6.45) is -0.928. The first-order valence-electron chi connectivity index (χ1n) is 6.81. The lowest BCUT2D eigenvalue weighted by molar-refractivity contribution is -0.0769. The highest BCUT2D eigenvalue weighted by Gasteiger charge is 2.37. The number of nitrogens with two attached hydrogens (primary N) is 1. The van der Waals surface area contributed by atoms with E-state index in [2.05, 4.69) is 33.9 Å². The number of anilines is 1. The maximum absolute atomic E-state index is 9.71. The Hall–Kier alpha value is -0.883. The van der Waals surface area contributed by atoms with Crippen LogP contribution in [-0.4, -0.2) is 20.5 Å². The van der Waals surface area contributed by atoms with Gasteiger partial charge in [-0.05, 0) is 35.8 Å². The summed E-state index contributed by atoms with van der Waals surface area (Å²) in [6, 6.07) is 5.39. The summed E-state index contributed by atoms with van der Waals surface area (Å²) in [6.45, 7) is 11.5. The van der Waals surface area contributed by atoms with Crippen LogP contribution in [0.4, 0.5) is 5.69 Å². The van der Waals surface area contributed by atoms with E-state index in [1.165, 1.54) is 7.11 Å². The van der Waals surface area contributed by atoms with Crippen molar-refractivity contribution in [3.05, 3.63) is 29.3 Å². The van der Waals surface area contributed by atoms with Crippen LogP contribution >= 0.6 is 0 Å². The fourth-order valence-corrected chi connectivity index (χ4v) is 2.46. The van der Waals surface area contributed by atoms with E-state index in [9.17, 15) is 5.11 Å². The largest absolute Gasteiger partial charge is 0.412 e. The summed E-state index contributed by atoms with van der Waals surface area (Å²) in [5, 5.41) is 9.86. The highest BCUT2D eigenvalue weighted by molar-refractivity contribution is 6.74. The van der Waals surface area contributed by atoms with Gasteiger partial charge in [-0.25, -0.2) is 0 Å². The van der Waals surface area contributed by atoms with Crippen molar-refractivity contribution in [2.24, 2.45) is 0 Å². The summed E-state index contributed by atoms with van der Waals surface area (Å²) >= 11 is 0. The number of ether oxygens (including phenoxy) is 1. The van der Waals surface area contributed by atoms with Crippen molar-refractivity contribution in [2.75, 3.05) is 12.8 Å². The van der Waals surface area contributed by atoms with Crippen LogP contribution in [0.5, 0.6) is 0 Å². The highest BCUT2D eigenvalue weighted by atomic mass is 28.4. The lowest BCUT2D eigenvalue weighted by atomic mass is 10.1. The van der Waals surface area contributed by atoms with Crippen molar-refractivity contribution in [2.45, 2.75) is 51.8 Å². The van der Waals surface area contributed by atoms with E-state index in [1.54, 1.807) is 12.1 Å². The molecule has 0 aliphatic rings. The van der Waals surface area contributed by atoms with Gasteiger partial charge in [0.2, 0.25) is 0 Å². The molecule has 0 aliphatic heterocycles. The van der Waals surface area contributed by atoms with E-state index >= 15 is 0 Å². The topological polar surface area (TPSA) is 64.7 Å². The van der Waals surface area contributed by atoms with Crippen molar-refractivity contribution in [1.82, 2.24) is 0 Å². The van der Waals surface area contributed by atoms with E-state index in [1.807, 2.05) is 6.07 Å². The Labute approximate surface area is 123 Å². The smallest absolute Gasteiger partial charge is 0.192 e. The third-order valence-electron chi connectivity index (χ3n) is 4.07. The molecule has 0 amide bonds. The molecule has 1 aromatic carbocycles. The van der Waals surface area contributed by atoms with Crippen LogP contribution in [0.25, 0.3) is 0 Å². The third-order valence-corrected chi connectivity index (χ3v) is 8.55. The molecule has 0 aromatic heterocycles. The summed E-state index contributed by atoms with van der Waals surface area (Å²) in [7, 11) is -0.348. The van der Waals surface area contributed by atoms with E-state index < -0.39 is 14.6 Å². The number of aliphatic hydroxyl groups excluding tert-OH is 1. The molecule has 0 aliphatic carbocycles. The molecule has 114 valence electrons. The number of aliphatic hydroxyl groups is 1. The second-order valence-electron chi connectivity index (χ2n) is 6.60. The van der Waals surface area contributed by atoms with Crippen LogP contribution in [0.1, 0.15) is 38.2 Å². The fourth-order valence-electron chi connectivity index (χ4n) is 1.52. The lowest BCUT2D eigenvalue weighted by Crippen LogP contribution is -2.40. The van der Waals surface area contributed by atoms with Crippen molar-refractivity contribution >= 4 is 14.0 Å². The van der Waals surface area contributed by atoms with Crippen molar-refractivity contribution in [3.63, 3.8) is 0 Å². The number of methoxy groups -OCH3 is 1. The normalized spacial score (nSPS) is 14.3. The molecule has 20 heavy (non-hydrogen) atoms. The zero-order valence-corrected chi connectivity index (χ0v) is 14.4. The van der Waals surface area contributed by atoms with Gasteiger partial charge in [-0.15, -0.1) is 0 Å². The van der Waals surface area contributed by atoms with Crippen molar-refractivity contribution in [3.8, 4) is 0 Å². The maximum atomic E-state index is 9.71. The van der Waals surface area contributed by atoms with Gasteiger partial charge >= 0.3 is 0 Å². The second kappa shape index (κ2) is 6.26. The molecule has 0 spiro atoms. The van der Waals surface area contributed by atoms with E-state index in [0.717, 1.165) is 5.56 Å². The quantitative estimate of drug-likeness (QED) is 0.496. The minimum absolute atomic E-state index is 0.158. The molecule has 3 N–H and O–H groups in total. The average Bonchev–Trinajstić information content (AvgIpc) is 2.35. The Morgan fingerprint density at radius 2 is 1.90 bits per heavy atom. The molecule has 0 radical (unpaired) electrons. The van der Waals surface area contributed by atoms with Crippen LogP contribution in [-0.2, 0) is 15.8 Å². The molecule has 5 heteroatoms. The van der Waals surface area contributed by atoms with Crippen LogP contribution in [0, 0.1) is 0 Å². The van der Waals surface area contributed by atoms with Crippen molar-refractivity contribution < 1.29 is 14.3 Å². The number of benzene rings is 1.